The Bertz CT molecular complexity index is 438. The molecule has 118 valence electrons. The van der Waals surface area contributed by atoms with Crippen LogP contribution in [0.15, 0.2) is 23.0 Å². The molecule has 5 nitrogen and oxygen atoms in total. The van der Waals surface area contributed by atoms with Gasteiger partial charge in [0.15, 0.2) is 0 Å². The van der Waals surface area contributed by atoms with Gasteiger partial charge in [-0.25, -0.2) is 0 Å². The summed E-state index contributed by atoms with van der Waals surface area (Å²) < 4.78 is 4.98. The molecule has 0 N–H and O–H groups in total. The number of nitrogens with zero attached hydrogens (tertiary/aromatic N) is 2. The van der Waals surface area contributed by atoms with Crippen LogP contribution in [0.3, 0.4) is 0 Å². The van der Waals surface area contributed by atoms with Gasteiger partial charge in [-0.15, -0.1) is 0 Å². The van der Waals surface area contributed by atoms with E-state index in [1.165, 1.54) is 12.5 Å². The molecule has 1 heterocycles. The molecule has 21 heavy (non-hydrogen) atoms. The van der Waals surface area contributed by atoms with Crippen LogP contribution >= 0.6 is 0 Å². The van der Waals surface area contributed by atoms with Crippen molar-refractivity contribution in [2.45, 2.75) is 46.6 Å². The van der Waals surface area contributed by atoms with Gasteiger partial charge in [0.05, 0.1) is 11.8 Å². The van der Waals surface area contributed by atoms with Crippen LogP contribution in [0.4, 0.5) is 0 Å². The normalized spacial score (nSPS) is 12.0. The molecule has 1 atom stereocenters. The Morgan fingerprint density at radius 1 is 1.24 bits per heavy atom. The summed E-state index contributed by atoms with van der Waals surface area (Å²) in [5, 5.41) is 0. The lowest BCUT2D eigenvalue weighted by Gasteiger charge is -2.29. The Labute approximate surface area is 126 Å². The highest BCUT2D eigenvalue weighted by atomic mass is 16.3. The summed E-state index contributed by atoms with van der Waals surface area (Å²) in [6.07, 6.45) is 4.14. The Morgan fingerprint density at radius 3 is 2.38 bits per heavy atom. The van der Waals surface area contributed by atoms with E-state index in [1.54, 1.807) is 15.9 Å². The summed E-state index contributed by atoms with van der Waals surface area (Å²) in [7, 11) is 0. The Balaban J connectivity index is 2.71. The molecule has 0 aliphatic rings. The summed E-state index contributed by atoms with van der Waals surface area (Å²) in [6.45, 7) is 9.80. The molecule has 5 heteroatoms. The molecule has 0 saturated carbocycles. The molecular weight excluding hydrogens is 268 g/mol. The van der Waals surface area contributed by atoms with Crippen molar-refractivity contribution < 1.29 is 14.0 Å². The van der Waals surface area contributed by atoms with Gasteiger partial charge < -0.3 is 14.2 Å². The predicted molar refractivity (Wildman–Crippen MR) is 82.0 cm³/mol. The van der Waals surface area contributed by atoms with Crippen LogP contribution in [0, 0.1) is 0 Å². The van der Waals surface area contributed by atoms with E-state index in [1.807, 2.05) is 27.7 Å². The fourth-order valence-corrected chi connectivity index (χ4v) is 2.24. The second-order valence-corrected chi connectivity index (χ2v) is 5.08. The first-order valence-corrected chi connectivity index (χ1v) is 7.65. The van der Waals surface area contributed by atoms with Gasteiger partial charge in [0.1, 0.15) is 6.26 Å². The number of carbonyl (C=O) groups is 2. The number of amides is 2. The van der Waals surface area contributed by atoms with Crippen LogP contribution in [-0.2, 0) is 4.79 Å². The SMILES string of the molecule is CCC(C)N(CCC(=O)N(CC)CC)C(=O)c1ccoc1. The molecule has 1 rings (SSSR count). The lowest BCUT2D eigenvalue weighted by molar-refractivity contribution is -0.131. The average Bonchev–Trinajstić information content (AvgIpc) is 3.02. The van der Waals surface area contributed by atoms with E-state index in [4.69, 9.17) is 4.42 Å². The van der Waals surface area contributed by atoms with Crippen molar-refractivity contribution >= 4 is 11.8 Å². The third kappa shape index (κ3) is 4.62. The highest BCUT2D eigenvalue weighted by molar-refractivity contribution is 5.94. The van der Waals surface area contributed by atoms with E-state index in [2.05, 4.69) is 0 Å². The monoisotopic (exact) mass is 294 g/mol. The van der Waals surface area contributed by atoms with E-state index in [9.17, 15) is 9.59 Å². The van der Waals surface area contributed by atoms with Gasteiger partial charge in [0, 0.05) is 32.1 Å². The van der Waals surface area contributed by atoms with Gasteiger partial charge in [-0.3, -0.25) is 9.59 Å². The van der Waals surface area contributed by atoms with E-state index in [-0.39, 0.29) is 17.9 Å². The van der Waals surface area contributed by atoms with Crippen LogP contribution < -0.4 is 0 Å². The molecule has 0 aromatic carbocycles. The number of hydrogen-bond donors (Lipinski definition) is 0. The van der Waals surface area contributed by atoms with Gasteiger partial charge >= 0.3 is 0 Å². The third-order valence-corrected chi connectivity index (χ3v) is 3.83. The van der Waals surface area contributed by atoms with Crippen LogP contribution in [0.5, 0.6) is 0 Å². The van der Waals surface area contributed by atoms with Crippen molar-refractivity contribution in [3.8, 4) is 0 Å². The number of rotatable bonds is 8. The van der Waals surface area contributed by atoms with Crippen molar-refractivity contribution in [3.63, 3.8) is 0 Å². The molecule has 0 radical (unpaired) electrons. The largest absolute Gasteiger partial charge is 0.472 e. The van der Waals surface area contributed by atoms with E-state index in [0.717, 1.165) is 6.42 Å². The van der Waals surface area contributed by atoms with Crippen LogP contribution in [0.25, 0.3) is 0 Å². The van der Waals surface area contributed by atoms with Crippen molar-refractivity contribution in [2.75, 3.05) is 19.6 Å². The fraction of sp³-hybridized carbons (Fsp3) is 0.625. The second-order valence-electron chi connectivity index (χ2n) is 5.08. The molecule has 0 fully saturated rings. The second kappa shape index (κ2) is 8.49. The summed E-state index contributed by atoms with van der Waals surface area (Å²) in [5.41, 5.74) is 0.533. The zero-order chi connectivity index (χ0) is 15.8. The van der Waals surface area contributed by atoms with E-state index >= 15 is 0 Å². The summed E-state index contributed by atoms with van der Waals surface area (Å²) in [5.74, 6) is 0.0127. The Kier molecular flexibility index (Phi) is 6.99. The van der Waals surface area contributed by atoms with Gasteiger partial charge in [-0.2, -0.15) is 0 Å². The standard InChI is InChI=1S/C16H26N2O3/c1-5-13(4)18(16(20)14-9-11-21-12-14)10-8-15(19)17(6-2)7-3/h9,11-13H,5-8,10H2,1-4H3. The molecule has 0 saturated heterocycles. The van der Waals surface area contributed by atoms with E-state index < -0.39 is 0 Å². The van der Waals surface area contributed by atoms with Crippen molar-refractivity contribution in [3.05, 3.63) is 24.2 Å². The number of furan rings is 1. The summed E-state index contributed by atoms with van der Waals surface area (Å²) >= 11 is 0. The lowest BCUT2D eigenvalue weighted by atomic mass is 10.1. The lowest BCUT2D eigenvalue weighted by Crippen LogP contribution is -2.41. The minimum Gasteiger partial charge on any atom is -0.472 e. The van der Waals surface area contributed by atoms with Crippen LogP contribution in [0.1, 0.15) is 50.9 Å². The fourth-order valence-electron chi connectivity index (χ4n) is 2.24. The third-order valence-electron chi connectivity index (χ3n) is 3.83. The molecule has 0 bridgehead atoms. The van der Waals surface area contributed by atoms with Gasteiger partial charge in [0.2, 0.25) is 5.91 Å². The van der Waals surface area contributed by atoms with Gasteiger partial charge in [-0.05, 0) is 33.3 Å². The molecule has 1 aromatic heterocycles. The maximum absolute atomic E-state index is 12.5. The van der Waals surface area contributed by atoms with Crippen molar-refractivity contribution in [1.29, 1.82) is 0 Å². The van der Waals surface area contributed by atoms with Gasteiger partial charge in [0.25, 0.3) is 5.91 Å². The molecule has 0 aliphatic carbocycles. The topological polar surface area (TPSA) is 53.8 Å². The van der Waals surface area contributed by atoms with Crippen molar-refractivity contribution in [2.24, 2.45) is 0 Å². The first-order valence-electron chi connectivity index (χ1n) is 7.65. The zero-order valence-electron chi connectivity index (χ0n) is 13.5. The summed E-state index contributed by atoms with van der Waals surface area (Å²) in [4.78, 5) is 28.1. The Hall–Kier alpha value is -1.78. The molecule has 2 amide bonds. The molecular formula is C16H26N2O3. The average molecular weight is 294 g/mol. The van der Waals surface area contributed by atoms with Crippen molar-refractivity contribution in [1.82, 2.24) is 9.80 Å². The maximum atomic E-state index is 12.5. The van der Waals surface area contributed by atoms with E-state index in [0.29, 0.717) is 31.6 Å². The quantitative estimate of drug-likeness (QED) is 0.741. The van der Waals surface area contributed by atoms with Crippen LogP contribution in [0.2, 0.25) is 0 Å². The van der Waals surface area contributed by atoms with Gasteiger partial charge in [-0.1, -0.05) is 6.92 Å². The first-order chi connectivity index (χ1) is 10.0. The van der Waals surface area contributed by atoms with Crippen LogP contribution in [-0.4, -0.2) is 47.3 Å². The molecule has 1 unspecified atom stereocenters. The smallest absolute Gasteiger partial charge is 0.257 e. The maximum Gasteiger partial charge on any atom is 0.257 e. The molecule has 0 spiro atoms. The highest BCUT2D eigenvalue weighted by Crippen LogP contribution is 2.12. The number of carbonyl (C=O) groups excluding carboxylic acids is 2. The summed E-state index contributed by atoms with van der Waals surface area (Å²) in [6, 6.07) is 1.75. The first kappa shape index (κ1) is 17.3. The number of hydrogen-bond acceptors (Lipinski definition) is 3. The predicted octanol–water partition coefficient (Wildman–Crippen LogP) is 2.78. The minimum atomic E-state index is -0.0783. The highest BCUT2D eigenvalue weighted by Gasteiger charge is 2.22. The Morgan fingerprint density at radius 2 is 1.90 bits per heavy atom. The molecule has 1 aromatic rings. The molecule has 0 aliphatic heterocycles. The minimum absolute atomic E-state index is 0.0783. The zero-order valence-corrected chi connectivity index (χ0v) is 13.5.